The minimum atomic E-state index is 0.000438. The number of thioether (sulfide) groups is 1. The second-order valence-electron chi connectivity index (χ2n) is 4.20. The lowest BCUT2D eigenvalue weighted by molar-refractivity contribution is 0.104. The van der Waals surface area contributed by atoms with Gasteiger partial charge in [-0.15, -0.1) is 11.8 Å². The fraction of sp³-hybridized carbons (Fsp3) is 0.118. The second-order valence-corrected chi connectivity index (χ2v) is 5.08. The third kappa shape index (κ3) is 3.75. The van der Waals surface area contributed by atoms with Crippen molar-refractivity contribution in [2.75, 3.05) is 13.4 Å². The third-order valence-corrected chi connectivity index (χ3v) is 3.64. The predicted octanol–water partition coefficient (Wildman–Crippen LogP) is 4.31. The number of carbonyl (C=O) groups excluding carboxylic acids is 1. The van der Waals surface area contributed by atoms with Gasteiger partial charge in [0.05, 0.1) is 7.11 Å². The van der Waals surface area contributed by atoms with Gasteiger partial charge >= 0.3 is 0 Å². The van der Waals surface area contributed by atoms with Crippen LogP contribution in [0.15, 0.2) is 59.5 Å². The first-order valence-corrected chi connectivity index (χ1v) is 7.46. The van der Waals surface area contributed by atoms with Gasteiger partial charge in [0, 0.05) is 10.5 Å². The van der Waals surface area contributed by atoms with Gasteiger partial charge in [-0.3, -0.25) is 4.79 Å². The van der Waals surface area contributed by atoms with Gasteiger partial charge in [0.2, 0.25) is 0 Å². The van der Waals surface area contributed by atoms with Crippen molar-refractivity contribution in [1.82, 2.24) is 0 Å². The molecule has 3 heteroatoms. The number of hydrogen-bond donors (Lipinski definition) is 0. The maximum Gasteiger partial charge on any atom is 0.185 e. The molecule has 0 heterocycles. The van der Waals surface area contributed by atoms with Gasteiger partial charge in [0.15, 0.2) is 5.78 Å². The molecule has 102 valence electrons. The second kappa shape index (κ2) is 6.96. The van der Waals surface area contributed by atoms with Gasteiger partial charge in [-0.05, 0) is 54.3 Å². The van der Waals surface area contributed by atoms with Crippen molar-refractivity contribution >= 4 is 23.6 Å². The summed E-state index contributed by atoms with van der Waals surface area (Å²) in [6.45, 7) is 0. The summed E-state index contributed by atoms with van der Waals surface area (Å²) in [5.41, 5.74) is 1.64. The molecule has 0 aliphatic rings. The third-order valence-electron chi connectivity index (χ3n) is 2.90. The van der Waals surface area contributed by atoms with Crippen molar-refractivity contribution < 1.29 is 9.53 Å². The Kier molecular flexibility index (Phi) is 5.02. The number of benzene rings is 2. The van der Waals surface area contributed by atoms with Crippen molar-refractivity contribution in [2.45, 2.75) is 4.90 Å². The molecule has 0 aliphatic heterocycles. The highest BCUT2D eigenvalue weighted by atomic mass is 32.2. The molecule has 0 fully saturated rings. The molecule has 0 N–H and O–H groups in total. The van der Waals surface area contributed by atoms with E-state index in [1.165, 1.54) is 0 Å². The zero-order valence-corrected chi connectivity index (χ0v) is 12.3. The number of ketones is 1. The van der Waals surface area contributed by atoms with Crippen LogP contribution in [0.1, 0.15) is 15.9 Å². The lowest BCUT2D eigenvalue weighted by atomic mass is 10.1. The van der Waals surface area contributed by atoms with Crippen LogP contribution in [0.3, 0.4) is 0 Å². The summed E-state index contributed by atoms with van der Waals surface area (Å²) in [7, 11) is 1.63. The average Bonchev–Trinajstić information content (AvgIpc) is 2.53. The highest BCUT2D eigenvalue weighted by molar-refractivity contribution is 7.98. The first kappa shape index (κ1) is 14.4. The predicted molar refractivity (Wildman–Crippen MR) is 84.6 cm³/mol. The van der Waals surface area contributed by atoms with E-state index < -0.39 is 0 Å². The van der Waals surface area contributed by atoms with E-state index in [-0.39, 0.29) is 5.78 Å². The van der Waals surface area contributed by atoms with E-state index in [9.17, 15) is 4.79 Å². The SMILES string of the molecule is COc1cccc(/C=C\C(=O)c2ccc(SC)cc2)c1. The van der Waals surface area contributed by atoms with Crippen LogP contribution in [-0.4, -0.2) is 19.1 Å². The number of hydrogen-bond acceptors (Lipinski definition) is 3. The normalized spacial score (nSPS) is 10.7. The van der Waals surface area contributed by atoms with Crippen molar-refractivity contribution in [3.05, 3.63) is 65.7 Å². The van der Waals surface area contributed by atoms with Crippen LogP contribution in [0.5, 0.6) is 5.75 Å². The Bertz CT molecular complexity index is 615. The number of methoxy groups -OCH3 is 1. The first-order valence-electron chi connectivity index (χ1n) is 6.23. The van der Waals surface area contributed by atoms with Gasteiger partial charge < -0.3 is 4.74 Å². The van der Waals surface area contributed by atoms with Gasteiger partial charge in [0.25, 0.3) is 0 Å². The summed E-state index contributed by atoms with van der Waals surface area (Å²) in [4.78, 5) is 13.2. The van der Waals surface area contributed by atoms with Crippen LogP contribution >= 0.6 is 11.8 Å². The zero-order valence-electron chi connectivity index (χ0n) is 11.5. The summed E-state index contributed by atoms with van der Waals surface area (Å²) < 4.78 is 5.15. The Hall–Kier alpha value is -2.00. The Morgan fingerprint density at radius 1 is 1.15 bits per heavy atom. The Labute approximate surface area is 123 Å². The van der Waals surface area contributed by atoms with Crippen molar-refractivity contribution in [3.63, 3.8) is 0 Å². The highest BCUT2D eigenvalue weighted by Crippen LogP contribution is 2.16. The Morgan fingerprint density at radius 2 is 1.90 bits per heavy atom. The zero-order chi connectivity index (χ0) is 14.4. The number of ether oxygens (including phenoxy) is 1. The van der Waals surface area contributed by atoms with Crippen LogP contribution in [0.2, 0.25) is 0 Å². The molecule has 0 bridgehead atoms. The molecule has 2 nitrogen and oxygen atoms in total. The molecular weight excluding hydrogens is 268 g/mol. The van der Waals surface area contributed by atoms with Crippen LogP contribution in [-0.2, 0) is 0 Å². The summed E-state index contributed by atoms with van der Waals surface area (Å²) in [6.07, 6.45) is 5.40. The number of carbonyl (C=O) groups is 1. The molecule has 0 aliphatic carbocycles. The first-order chi connectivity index (χ1) is 9.72. The smallest absolute Gasteiger partial charge is 0.185 e. The van der Waals surface area contributed by atoms with Crippen LogP contribution in [0, 0.1) is 0 Å². The quantitative estimate of drug-likeness (QED) is 0.465. The fourth-order valence-corrected chi connectivity index (χ4v) is 2.18. The van der Waals surface area contributed by atoms with Crippen molar-refractivity contribution in [2.24, 2.45) is 0 Å². The van der Waals surface area contributed by atoms with Gasteiger partial charge in [-0.2, -0.15) is 0 Å². The molecule has 0 saturated carbocycles. The minimum absolute atomic E-state index is 0.000438. The molecule has 0 atom stereocenters. The van der Waals surface area contributed by atoms with E-state index in [0.717, 1.165) is 16.2 Å². The summed E-state index contributed by atoms with van der Waals surface area (Å²) in [5.74, 6) is 0.782. The monoisotopic (exact) mass is 284 g/mol. The fourth-order valence-electron chi connectivity index (χ4n) is 1.77. The average molecular weight is 284 g/mol. The Morgan fingerprint density at radius 3 is 2.55 bits per heavy atom. The molecule has 2 aromatic rings. The van der Waals surface area contributed by atoms with Gasteiger partial charge in [-0.1, -0.05) is 18.2 Å². The van der Waals surface area contributed by atoms with E-state index >= 15 is 0 Å². The maximum atomic E-state index is 12.0. The van der Waals surface area contributed by atoms with E-state index in [2.05, 4.69) is 0 Å². The standard InChI is InChI=1S/C17H16O2S/c1-19-15-5-3-4-13(12-15)6-11-17(18)14-7-9-16(20-2)10-8-14/h3-12H,1-2H3/b11-6-. The summed E-state index contributed by atoms with van der Waals surface area (Å²) in [5, 5.41) is 0. The molecule has 0 unspecified atom stereocenters. The molecule has 0 saturated heterocycles. The maximum absolute atomic E-state index is 12.0. The number of rotatable bonds is 5. The molecule has 0 aromatic heterocycles. The van der Waals surface area contributed by atoms with Crippen LogP contribution in [0.4, 0.5) is 0 Å². The summed E-state index contributed by atoms with van der Waals surface area (Å²) in [6, 6.07) is 15.2. The number of allylic oxidation sites excluding steroid dienone is 1. The topological polar surface area (TPSA) is 26.3 Å². The van der Waals surface area contributed by atoms with Crippen LogP contribution in [0.25, 0.3) is 6.08 Å². The molecule has 20 heavy (non-hydrogen) atoms. The van der Waals surface area contributed by atoms with Gasteiger partial charge in [0.1, 0.15) is 5.75 Å². The van der Waals surface area contributed by atoms with E-state index in [0.29, 0.717) is 5.56 Å². The van der Waals surface area contributed by atoms with Gasteiger partial charge in [-0.25, -0.2) is 0 Å². The Balaban J connectivity index is 2.11. The van der Waals surface area contributed by atoms with E-state index in [1.807, 2.05) is 54.8 Å². The van der Waals surface area contributed by atoms with E-state index in [1.54, 1.807) is 31.0 Å². The van der Waals surface area contributed by atoms with Crippen LogP contribution < -0.4 is 4.74 Å². The van der Waals surface area contributed by atoms with Crippen molar-refractivity contribution in [1.29, 1.82) is 0 Å². The van der Waals surface area contributed by atoms with Crippen molar-refractivity contribution in [3.8, 4) is 5.75 Å². The molecule has 0 radical (unpaired) electrons. The molecule has 0 spiro atoms. The minimum Gasteiger partial charge on any atom is -0.497 e. The highest BCUT2D eigenvalue weighted by Gasteiger charge is 2.01. The molecule has 2 aromatic carbocycles. The molecule has 0 amide bonds. The molecule has 2 rings (SSSR count). The lowest BCUT2D eigenvalue weighted by Crippen LogP contribution is -1.93. The summed E-state index contributed by atoms with van der Waals surface area (Å²) >= 11 is 1.66. The lowest BCUT2D eigenvalue weighted by Gasteiger charge is -2.00. The van der Waals surface area contributed by atoms with E-state index in [4.69, 9.17) is 4.74 Å². The largest absolute Gasteiger partial charge is 0.497 e. The molecular formula is C17H16O2S.